The third-order valence-electron chi connectivity index (χ3n) is 2.14. The zero-order valence-electron chi connectivity index (χ0n) is 8.11. The number of nitrogens with one attached hydrogen (secondary N) is 2. The van der Waals surface area contributed by atoms with Gasteiger partial charge in [0.1, 0.15) is 0 Å². The first-order valence-electron chi connectivity index (χ1n) is 4.70. The summed E-state index contributed by atoms with van der Waals surface area (Å²) in [4.78, 5) is 0. The molecule has 0 bridgehead atoms. The third-order valence-corrected chi connectivity index (χ3v) is 2.14. The van der Waals surface area contributed by atoms with Gasteiger partial charge in [-0.15, -0.1) is 0 Å². The SMILES string of the molecule is CCC(CC)CNCCNC. The molecule has 0 aromatic rings. The maximum atomic E-state index is 3.43. The monoisotopic (exact) mass is 158 g/mol. The Morgan fingerprint density at radius 3 is 2.18 bits per heavy atom. The van der Waals surface area contributed by atoms with Gasteiger partial charge in [0.05, 0.1) is 0 Å². The zero-order chi connectivity index (χ0) is 8.53. The molecule has 68 valence electrons. The van der Waals surface area contributed by atoms with Gasteiger partial charge in [-0.3, -0.25) is 0 Å². The van der Waals surface area contributed by atoms with E-state index in [-0.39, 0.29) is 0 Å². The van der Waals surface area contributed by atoms with Crippen LogP contribution in [-0.4, -0.2) is 26.7 Å². The van der Waals surface area contributed by atoms with E-state index in [1.165, 1.54) is 19.4 Å². The molecule has 0 rings (SSSR count). The van der Waals surface area contributed by atoms with Crippen molar-refractivity contribution in [3.8, 4) is 0 Å². The molecule has 0 atom stereocenters. The van der Waals surface area contributed by atoms with Crippen molar-refractivity contribution in [2.75, 3.05) is 26.7 Å². The van der Waals surface area contributed by atoms with Gasteiger partial charge in [-0.2, -0.15) is 0 Å². The molecule has 0 aliphatic rings. The summed E-state index contributed by atoms with van der Waals surface area (Å²) in [6.07, 6.45) is 2.59. The van der Waals surface area contributed by atoms with Crippen LogP contribution >= 0.6 is 0 Å². The van der Waals surface area contributed by atoms with Crippen molar-refractivity contribution >= 4 is 0 Å². The fraction of sp³-hybridized carbons (Fsp3) is 1.00. The van der Waals surface area contributed by atoms with Crippen LogP contribution in [0.15, 0.2) is 0 Å². The molecule has 0 unspecified atom stereocenters. The Labute approximate surface area is 70.8 Å². The predicted molar refractivity (Wildman–Crippen MR) is 50.9 cm³/mol. The van der Waals surface area contributed by atoms with E-state index in [0.29, 0.717) is 0 Å². The van der Waals surface area contributed by atoms with Gasteiger partial charge in [-0.05, 0) is 19.5 Å². The van der Waals surface area contributed by atoms with Crippen LogP contribution in [0.4, 0.5) is 0 Å². The molecule has 0 saturated carbocycles. The molecular weight excluding hydrogens is 136 g/mol. The Bertz CT molecular complexity index is 70.0. The largest absolute Gasteiger partial charge is 0.318 e. The van der Waals surface area contributed by atoms with Crippen LogP contribution in [-0.2, 0) is 0 Å². The van der Waals surface area contributed by atoms with Crippen molar-refractivity contribution in [3.05, 3.63) is 0 Å². The van der Waals surface area contributed by atoms with Crippen molar-refractivity contribution in [2.24, 2.45) is 5.92 Å². The van der Waals surface area contributed by atoms with Gasteiger partial charge in [0.25, 0.3) is 0 Å². The lowest BCUT2D eigenvalue weighted by Crippen LogP contribution is -2.29. The van der Waals surface area contributed by atoms with E-state index >= 15 is 0 Å². The summed E-state index contributed by atoms with van der Waals surface area (Å²) in [6.45, 7) is 7.85. The lowest BCUT2D eigenvalue weighted by atomic mass is 10.0. The van der Waals surface area contributed by atoms with Gasteiger partial charge in [-0.1, -0.05) is 26.7 Å². The summed E-state index contributed by atoms with van der Waals surface area (Å²) in [5.74, 6) is 0.867. The fourth-order valence-corrected chi connectivity index (χ4v) is 1.10. The standard InChI is InChI=1S/C9H22N2/c1-4-9(5-2)8-11-7-6-10-3/h9-11H,4-8H2,1-3H3. The number of likely N-dealkylation sites (N-methyl/N-ethyl adjacent to an activating group) is 1. The molecule has 0 aromatic carbocycles. The summed E-state index contributed by atoms with van der Waals surface area (Å²) < 4.78 is 0. The first kappa shape index (κ1) is 10.9. The van der Waals surface area contributed by atoms with E-state index < -0.39 is 0 Å². The maximum Gasteiger partial charge on any atom is 0.00767 e. The molecule has 0 amide bonds. The molecule has 2 N–H and O–H groups in total. The first-order chi connectivity index (χ1) is 5.35. The van der Waals surface area contributed by atoms with E-state index in [4.69, 9.17) is 0 Å². The lowest BCUT2D eigenvalue weighted by molar-refractivity contribution is 0.450. The van der Waals surface area contributed by atoms with Crippen molar-refractivity contribution in [1.82, 2.24) is 10.6 Å². The van der Waals surface area contributed by atoms with E-state index in [9.17, 15) is 0 Å². The van der Waals surface area contributed by atoms with Gasteiger partial charge >= 0.3 is 0 Å². The van der Waals surface area contributed by atoms with Crippen molar-refractivity contribution in [3.63, 3.8) is 0 Å². The summed E-state index contributed by atoms with van der Waals surface area (Å²) in [6, 6.07) is 0. The molecule has 0 aliphatic heterocycles. The highest BCUT2D eigenvalue weighted by atomic mass is 14.9. The van der Waals surface area contributed by atoms with Crippen LogP contribution in [0, 0.1) is 5.92 Å². The second-order valence-corrected chi connectivity index (χ2v) is 2.99. The second-order valence-electron chi connectivity index (χ2n) is 2.99. The quantitative estimate of drug-likeness (QED) is 0.545. The molecule has 0 heterocycles. The number of rotatable bonds is 7. The molecule has 0 fully saturated rings. The Morgan fingerprint density at radius 2 is 1.73 bits per heavy atom. The Morgan fingerprint density at radius 1 is 1.09 bits per heavy atom. The normalized spacial score (nSPS) is 10.9. The topological polar surface area (TPSA) is 24.1 Å². The Balaban J connectivity index is 3.07. The average molecular weight is 158 g/mol. The molecular formula is C9H22N2. The van der Waals surface area contributed by atoms with Crippen LogP contribution in [0.25, 0.3) is 0 Å². The highest BCUT2D eigenvalue weighted by molar-refractivity contribution is 4.58. The van der Waals surface area contributed by atoms with Crippen molar-refractivity contribution in [2.45, 2.75) is 26.7 Å². The molecule has 0 aliphatic carbocycles. The minimum absolute atomic E-state index is 0.867. The van der Waals surface area contributed by atoms with E-state index in [0.717, 1.165) is 19.0 Å². The molecule has 0 spiro atoms. The van der Waals surface area contributed by atoms with Crippen LogP contribution < -0.4 is 10.6 Å². The van der Waals surface area contributed by atoms with Crippen molar-refractivity contribution < 1.29 is 0 Å². The van der Waals surface area contributed by atoms with E-state index in [1.54, 1.807) is 0 Å². The minimum atomic E-state index is 0.867. The molecule has 0 saturated heterocycles. The minimum Gasteiger partial charge on any atom is -0.318 e. The molecule has 11 heavy (non-hydrogen) atoms. The Hall–Kier alpha value is -0.0800. The number of hydrogen-bond acceptors (Lipinski definition) is 2. The third kappa shape index (κ3) is 6.32. The maximum absolute atomic E-state index is 3.43. The van der Waals surface area contributed by atoms with E-state index in [1.807, 2.05) is 7.05 Å². The first-order valence-corrected chi connectivity index (χ1v) is 4.70. The van der Waals surface area contributed by atoms with Crippen LogP contribution in [0.3, 0.4) is 0 Å². The van der Waals surface area contributed by atoms with Gasteiger partial charge in [0, 0.05) is 13.1 Å². The van der Waals surface area contributed by atoms with Crippen LogP contribution in [0.2, 0.25) is 0 Å². The van der Waals surface area contributed by atoms with E-state index in [2.05, 4.69) is 24.5 Å². The van der Waals surface area contributed by atoms with Gasteiger partial charge in [0.2, 0.25) is 0 Å². The predicted octanol–water partition coefficient (Wildman–Crippen LogP) is 1.23. The number of hydrogen-bond donors (Lipinski definition) is 2. The molecule has 0 radical (unpaired) electrons. The zero-order valence-corrected chi connectivity index (χ0v) is 8.11. The average Bonchev–Trinajstić information content (AvgIpc) is 2.05. The van der Waals surface area contributed by atoms with Gasteiger partial charge in [0.15, 0.2) is 0 Å². The summed E-state index contributed by atoms with van der Waals surface area (Å²) in [5, 5.41) is 6.54. The van der Waals surface area contributed by atoms with Crippen molar-refractivity contribution in [1.29, 1.82) is 0 Å². The fourth-order valence-electron chi connectivity index (χ4n) is 1.10. The van der Waals surface area contributed by atoms with Crippen LogP contribution in [0.5, 0.6) is 0 Å². The molecule has 2 heteroatoms. The van der Waals surface area contributed by atoms with Gasteiger partial charge in [-0.25, -0.2) is 0 Å². The summed E-state index contributed by atoms with van der Waals surface area (Å²) in [5.41, 5.74) is 0. The molecule has 2 nitrogen and oxygen atoms in total. The van der Waals surface area contributed by atoms with Gasteiger partial charge < -0.3 is 10.6 Å². The summed E-state index contributed by atoms with van der Waals surface area (Å²) in [7, 11) is 1.98. The smallest absolute Gasteiger partial charge is 0.00767 e. The summed E-state index contributed by atoms with van der Waals surface area (Å²) >= 11 is 0. The highest BCUT2D eigenvalue weighted by Gasteiger charge is 2.00. The highest BCUT2D eigenvalue weighted by Crippen LogP contribution is 2.04. The second kappa shape index (κ2) is 8.02. The molecule has 0 aromatic heterocycles. The lowest BCUT2D eigenvalue weighted by Gasteiger charge is -2.12. The van der Waals surface area contributed by atoms with Crippen LogP contribution in [0.1, 0.15) is 26.7 Å². The Kier molecular flexibility index (Phi) is 7.96.